The molecule has 94 valence electrons. The molecule has 0 atom stereocenters. The molecule has 18 heavy (non-hydrogen) atoms. The second-order valence-corrected chi connectivity index (χ2v) is 5.50. The minimum atomic E-state index is -0.875. The number of nitrogens with zero attached hydrogens (tertiary/aromatic N) is 1. The number of aromatic nitrogens is 1. The lowest BCUT2D eigenvalue weighted by Crippen LogP contribution is -2.01. The largest absolute Gasteiger partial charge is 0.477 e. The van der Waals surface area contributed by atoms with Gasteiger partial charge in [0.15, 0.2) is 0 Å². The maximum Gasteiger partial charge on any atom is 0.347 e. The first-order valence-corrected chi connectivity index (χ1v) is 6.63. The summed E-state index contributed by atoms with van der Waals surface area (Å²) in [4.78, 5) is 15.7. The lowest BCUT2D eigenvalue weighted by atomic mass is 10.1. The van der Waals surface area contributed by atoms with Crippen molar-refractivity contribution in [2.75, 3.05) is 0 Å². The molecule has 0 radical (unpaired) electrons. The molecule has 4 heteroatoms. The van der Waals surface area contributed by atoms with Gasteiger partial charge in [-0.2, -0.15) is 0 Å². The lowest BCUT2D eigenvalue weighted by Gasteiger charge is -2.01. The molecule has 1 heterocycles. The first-order chi connectivity index (χ1) is 8.56. The standard InChI is InChI=1S/C14H15NO2S/c1-9-3-5-11(6-4-9)7-8-12-13(14(16)17)18-10(2)15-12/h3-6H,7-8H2,1-2H3,(H,16,17). The summed E-state index contributed by atoms with van der Waals surface area (Å²) in [6, 6.07) is 8.30. The normalized spacial score (nSPS) is 10.6. The molecule has 3 nitrogen and oxygen atoms in total. The van der Waals surface area contributed by atoms with Crippen LogP contribution in [-0.2, 0) is 12.8 Å². The molecule has 2 rings (SSSR count). The molecule has 0 saturated heterocycles. The van der Waals surface area contributed by atoms with Crippen LogP contribution in [0, 0.1) is 13.8 Å². The highest BCUT2D eigenvalue weighted by Gasteiger charge is 2.15. The third kappa shape index (κ3) is 2.96. The second kappa shape index (κ2) is 5.31. The Balaban J connectivity index is 2.10. The van der Waals surface area contributed by atoms with E-state index in [4.69, 9.17) is 5.11 Å². The van der Waals surface area contributed by atoms with Crippen molar-refractivity contribution in [1.29, 1.82) is 0 Å². The van der Waals surface area contributed by atoms with Gasteiger partial charge in [-0.1, -0.05) is 29.8 Å². The van der Waals surface area contributed by atoms with Gasteiger partial charge in [0, 0.05) is 0 Å². The fourth-order valence-corrected chi connectivity index (χ4v) is 2.63. The van der Waals surface area contributed by atoms with Crippen LogP contribution in [0.1, 0.15) is 31.5 Å². The average molecular weight is 261 g/mol. The summed E-state index contributed by atoms with van der Waals surface area (Å²) >= 11 is 1.25. The highest BCUT2D eigenvalue weighted by molar-refractivity contribution is 7.13. The number of hydrogen-bond donors (Lipinski definition) is 1. The number of aryl methyl sites for hydroxylation is 4. The van der Waals surface area contributed by atoms with Gasteiger partial charge in [-0.25, -0.2) is 9.78 Å². The zero-order valence-electron chi connectivity index (χ0n) is 10.4. The van der Waals surface area contributed by atoms with E-state index in [1.54, 1.807) is 0 Å². The van der Waals surface area contributed by atoms with Gasteiger partial charge in [-0.15, -0.1) is 11.3 Å². The third-order valence-electron chi connectivity index (χ3n) is 2.77. The van der Waals surface area contributed by atoms with Gasteiger partial charge in [0.1, 0.15) is 4.88 Å². The Morgan fingerprint density at radius 3 is 2.50 bits per heavy atom. The zero-order chi connectivity index (χ0) is 13.1. The number of carboxylic acids is 1. The van der Waals surface area contributed by atoms with Crippen LogP contribution in [0.15, 0.2) is 24.3 Å². The monoisotopic (exact) mass is 261 g/mol. The smallest absolute Gasteiger partial charge is 0.347 e. The summed E-state index contributed by atoms with van der Waals surface area (Å²) in [5.41, 5.74) is 3.14. The molecule has 1 aromatic heterocycles. The number of benzene rings is 1. The van der Waals surface area contributed by atoms with Gasteiger partial charge in [-0.3, -0.25) is 0 Å². The maximum absolute atomic E-state index is 11.1. The van der Waals surface area contributed by atoms with Crippen molar-refractivity contribution in [2.45, 2.75) is 26.7 Å². The Kier molecular flexibility index (Phi) is 3.77. The molecule has 0 saturated carbocycles. The molecule has 0 amide bonds. The minimum Gasteiger partial charge on any atom is -0.477 e. The van der Waals surface area contributed by atoms with E-state index in [0.29, 0.717) is 17.0 Å². The molecule has 1 N–H and O–H groups in total. The minimum absolute atomic E-state index is 0.375. The van der Waals surface area contributed by atoms with Gasteiger partial charge in [0.25, 0.3) is 0 Å². The Morgan fingerprint density at radius 1 is 1.22 bits per heavy atom. The van der Waals surface area contributed by atoms with E-state index in [0.717, 1.165) is 11.4 Å². The summed E-state index contributed by atoms with van der Waals surface area (Å²) in [7, 11) is 0. The Labute approximate surface area is 110 Å². The average Bonchev–Trinajstić information content (AvgIpc) is 2.70. The summed E-state index contributed by atoms with van der Waals surface area (Å²) in [6.07, 6.45) is 1.50. The van der Waals surface area contributed by atoms with E-state index in [1.165, 1.54) is 22.5 Å². The SMILES string of the molecule is Cc1ccc(CCc2nc(C)sc2C(=O)O)cc1. The lowest BCUT2D eigenvalue weighted by molar-refractivity contribution is 0.0700. The van der Waals surface area contributed by atoms with Gasteiger partial charge in [0.05, 0.1) is 10.7 Å². The molecular formula is C14H15NO2S. The Morgan fingerprint density at radius 2 is 1.89 bits per heavy atom. The van der Waals surface area contributed by atoms with Crippen LogP contribution in [0.3, 0.4) is 0 Å². The van der Waals surface area contributed by atoms with Crippen LogP contribution >= 0.6 is 11.3 Å². The molecule has 0 fully saturated rings. The highest BCUT2D eigenvalue weighted by Crippen LogP contribution is 2.19. The van der Waals surface area contributed by atoms with Crippen molar-refractivity contribution in [3.63, 3.8) is 0 Å². The fourth-order valence-electron chi connectivity index (χ4n) is 1.82. The predicted molar refractivity (Wildman–Crippen MR) is 72.4 cm³/mol. The van der Waals surface area contributed by atoms with Gasteiger partial charge < -0.3 is 5.11 Å². The summed E-state index contributed by atoms with van der Waals surface area (Å²) in [5, 5.41) is 9.89. The van der Waals surface area contributed by atoms with Crippen molar-refractivity contribution >= 4 is 17.3 Å². The molecule has 0 aliphatic rings. The van der Waals surface area contributed by atoms with Crippen molar-refractivity contribution in [1.82, 2.24) is 4.98 Å². The van der Waals surface area contributed by atoms with Crippen LogP contribution in [0.4, 0.5) is 0 Å². The van der Waals surface area contributed by atoms with E-state index in [2.05, 4.69) is 36.2 Å². The summed E-state index contributed by atoms with van der Waals surface area (Å²) in [5.74, 6) is -0.875. The van der Waals surface area contributed by atoms with Crippen LogP contribution in [0.5, 0.6) is 0 Å². The summed E-state index contributed by atoms with van der Waals surface area (Å²) < 4.78 is 0. The number of carbonyl (C=O) groups is 1. The van der Waals surface area contributed by atoms with Gasteiger partial charge >= 0.3 is 5.97 Å². The number of carboxylic acid groups (broad SMARTS) is 1. The molecule has 0 unspecified atom stereocenters. The van der Waals surface area contributed by atoms with E-state index < -0.39 is 5.97 Å². The summed E-state index contributed by atoms with van der Waals surface area (Å²) in [6.45, 7) is 3.89. The van der Waals surface area contributed by atoms with Crippen LogP contribution < -0.4 is 0 Å². The maximum atomic E-state index is 11.1. The molecule has 2 aromatic rings. The van der Waals surface area contributed by atoms with Crippen molar-refractivity contribution < 1.29 is 9.90 Å². The van der Waals surface area contributed by atoms with E-state index in [1.807, 2.05) is 6.92 Å². The number of thiazole rings is 1. The van der Waals surface area contributed by atoms with E-state index >= 15 is 0 Å². The quantitative estimate of drug-likeness (QED) is 0.919. The van der Waals surface area contributed by atoms with Crippen LogP contribution in [0.2, 0.25) is 0 Å². The molecule has 0 aliphatic carbocycles. The van der Waals surface area contributed by atoms with Crippen LogP contribution in [-0.4, -0.2) is 16.1 Å². The second-order valence-electron chi connectivity index (χ2n) is 4.30. The van der Waals surface area contributed by atoms with Crippen molar-refractivity contribution in [2.24, 2.45) is 0 Å². The third-order valence-corrected chi connectivity index (χ3v) is 3.77. The molecular weight excluding hydrogens is 246 g/mol. The molecule has 0 spiro atoms. The van der Waals surface area contributed by atoms with Gasteiger partial charge in [0.2, 0.25) is 0 Å². The molecule has 0 aliphatic heterocycles. The number of aromatic carboxylic acids is 1. The van der Waals surface area contributed by atoms with E-state index in [9.17, 15) is 4.79 Å². The first kappa shape index (κ1) is 12.8. The van der Waals surface area contributed by atoms with Crippen LogP contribution in [0.25, 0.3) is 0 Å². The fraction of sp³-hybridized carbons (Fsp3) is 0.286. The van der Waals surface area contributed by atoms with Crippen molar-refractivity contribution in [3.05, 3.63) is 51.0 Å². The number of hydrogen-bond acceptors (Lipinski definition) is 3. The van der Waals surface area contributed by atoms with Crippen molar-refractivity contribution in [3.8, 4) is 0 Å². The molecule has 1 aromatic carbocycles. The Bertz CT molecular complexity index is 558. The zero-order valence-corrected chi connectivity index (χ0v) is 11.3. The highest BCUT2D eigenvalue weighted by atomic mass is 32.1. The van der Waals surface area contributed by atoms with Gasteiger partial charge in [-0.05, 0) is 32.3 Å². The number of rotatable bonds is 4. The predicted octanol–water partition coefficient (Wildman–Crippen LogP) is 3.24. The van der Waals surface area contributed by atoms with E-state index in [-0.39, 0.29) is 0 Å². The topological polar surface area (TPSA) is 50.2 Å². The first-order valence-electron chi connectivity index (χ1n) is 5.81. The molecule has 0 bridgehead atoms. The Hall–Kier alpha value is -1.68.